The van der Waals surface area contributed by atoms with Gasteiger partial charge in [-0.15, -0.1) is 0 Å². The van der Waals surface area contributed by atoms with Gasteiger partial charge in [-0.3, -0.25) is 4.79 Å². The second-order valence-corrected chi connectivity index (χ2v) is 0.815. The molecule has 0 aromatic heterocycles. The third-order valence-electron chi connectivity index (χ3n) is 0.287. The fourth-order valence-electron chi connectivity index (χ4n) is 0. The third-order valence-corrected chi connectivity index (χ3v) is 0.287. The Morgan fingerprint density at radius 2 is 1.75 bits per heavy atom. The minimum Gasteiger partial charge on any atom is -0.295 e. The summed E-state index contributed by atoms with van der Waals surface area (Å²) in [4.78, 5) is 9.69. The summed E-state index contributed by atoms with van der Waals surface area (Å²) in [6, 6.07) is 0. The molecule has 0 aliphatic heterocycles. The summed E-state index contributed by atoms with van der Waals surface area (Å²) >= 11 is 0. The summed E-state index contributed by atoms with van der Waals surface area (Å²) in [6.45, 7) is 4.68. The maximum Gasteiger partial charge on any atom is 0.152 e. The molecule has 0 atom stereocenters. The van der Waals surface area contributed by atoms with Crippen molar-refractivity contribution < 1.29 is 4.79 Å². The molecule has 0 spiro atoms. The van der Waals surface area contributed by atoms with Crippen LogP contribution in [-0.4, -0.2) is 75.3 Å². The molecular weight excluding hydrogens is 367 g/mol. The first-order valence-corrected chi connectivity index (χ1v) is 1.40. The molecule has 0 fully saturated rings. The molecule has 38 valence electrons. The minimum atomic E-state index is 0. The molecule has 0 heterocycles. The summed E-state index contributed by atoms with van der Waals surface area (Å²) in [5.74, 6) is 0.0185. The average Bonchev–Trinajstić information content (AvgIpc) is 1.38. The molecule has 0 saturated heterocycles. The Morgan fingerprint density at radius 3 is 1.75 bits per heavy atom. The van der Waals surface area contributed by atoms with Crippen LogP contribution in [0.3, 0.4) is 0 Å². The number of hydrogen-bond acceptors (Lipinski definition) is 1. The van der Waals surface area contributed by atoms with Gasteiger partial charge in [0.25, 0.3) is 0 Å². The molecule has 0 N–H and O–H groups in total. The van der Waals surface area contributed by atoms with Crippen molar-refractivity contribution in [2.45, 2.75) is 6.92 Å². The average molecular weight is 373 g/mol. The van der Waals surface area contributed by atoms with Crippen LogP contribution >= 0.6 is 0 Å². The van der Waals surface area contributed by atoms with Crippen LogP contribution in [-0.2, 0) is 4.79 Å². The van der Waals surface area contributed by atoms with E-state index in [9.17, 15) is 4.79 Å². The minimum absolute atomic E-state index is 0. The van der Waals surface area contributed by atoms with Crippen LogP contribution in [0.2, 0.25) is 0 Å². The third kappa shape index (κ3) is 25.2. The first kappa shape index (κ1) is 22.6. The van der Waals surface area contributed by atoms with Crippen LogP contribution in [0.15, 0.2) is 12.7 Å². The van der Waals surface area contributed by atoms with E-state index in [2.05, 4.69) is 6.58 Å². The van der Waals surface area contributed by atoms with Gasteiger partial charge in [0, 0.05) is 69.5 Å². The van der Waals surface area contributed by atoms with E-state index in [4.69, 9.17) is 0 Å². The van der Waals surface area contributed by atoms with Crippen LogP contribution in [0.25, 0.3) is 0 Å². The number of carbonyl (C=O) groups is 1. The first-order chi connectivity index (χ1) is 2.27. The fraction of sp³-hybridized carbons (Fsp3) is 0.250. The van der Waals surface area contributed by atoms with Gasteiger partial charge >= 0.3 is 0 Å². The zero-order chi connectivity index (χ0) is 4.28. The molecule has 10 radical (unpaired) electrons. The standard InChI is InChI=1S/C4H6O.Ga.In.Sn/c1-3-4(2)5;;;/h3H,1H2,2H3;;;. The zero-order valence-electron chi connectivity index (χ0n) is 4.85. The van der Waals surface area contributed by atoms with Gasteiger partial charge in [0.2, 0.25) is 0 Å². The van der Waals surface area contributed by atoms with E-state index in [1.807, 2.05) is 0 Å². The molecule has 4 heteroatoms. The second-order valence-electron chi connectivity index (χ2n) is 0.815. The van der Waals surface area contributed by atoms with E-state index in [-0.39, 0.29) is 75.3 Å². The summed E-state index contributed by atoms with van der Waals surface area (Å²) < 4.78 is 0. The number of carbonyl (C=O) groups excluding carboxylic acids is 1. The molecular formula is C4H6GaInOSn. The predicted molar refractivity (Wildman–Crippen MR) is 38.1 cm³/mol. The molecule has 0 amide bonds. The topological polar surface area (TPSA) is 17.1 Å². The van der Waals surface area contributed by atoms with Gasteiger partial charge in [-0.1, -0.05) is 6.58 Å². The fourth-order valence-corrected chi connectivity index (χ4v) is 0. The molecule has 0 rings (SSSR count). The molecule has 8 heavy (non-hydrogen) atoms. The molecule has 1 nitrogen and oxygen atoms in total. The second kappa shape index (κ2) is 15.9. The quantitative estimate of drug-likeness (QED) is 0.453. The van der Waals surface area contributed by atoms with E-state index in [1.54, 1.807) is 0 Å². The maximum atomic E-state index is 9.69. The number of hydrogen-bond donors (Lipinski definition) is 0. The van der Waals surface area contributed by atoms with Crippen molar-refractivity contribution in [2.75, 3.05) is 0 Å². The van der Waals surface area contributed by atoms with Crippen LogP contribution in [0.1, 0.15) is 6.92 Å². The normalized spacial score (nSPS) is 4.12. The zero-order valence-corrected chi connectivity index (χ0v) is 13.4. The van der Waals surface area contributed by atoms with Crippen LogP contribution in [0.4, 0.5) is 0 Å². The first-order valence-electron chi connectivity index (χ1n) is 1.40. The monoisotopic (exact) mass is 374 g/mol. The van der Waals surface area contributed by atoms with E-state index in [0.29, 0.717) is 0 Å². The van der Waals surface area contributed by atoms with Crippen molar-refractivity contribution in [2.24, 2.45) is 0 Å². The molecule has 0 aromatic carbocycles. The summed E-state index contributed by atoms with van der Waals surface area (Å²) in [6.07, 6.45) is 1.28. The van der Waals surface area contributed by atoms with Gasteiger partial charge in [-0.25, -0.2) is 0 Å². The van der Waals surface area contributed by atoms with Crippen molar-refractivity contribution in [3.05, 3.63) is 12.7 Å². The number of rotatable bonds is 1. The smallest absolute Gasteiger partial charge is 0.152 e. The molecule has 0 aliphatic carbocycles. The molecule has 0 bridgehead atoms. The maximum absolute atomic E-state index is 9.69. The Bertz CT molecular complexity index is 67.1. The van der Waals surface area contributed by atoms with Gasteiger partial charge < -0.3 is 0 Å². The van der Waals surface area contributed by atoms with Crippen molar-refractivity contribution in [3.8, 4) is 0 Å². The predicted octanol–water partition coefficient (Wildman–Crippen LogP) is -0.381. The molecule has 0 unspecified atom stereocenters. The Labute approximate surface area is 98.5 Å². The van der Waals surface area contributed by atoms with Crippen molar-refractivity contribution >= 4 is 75.3 Å². The summed E-state index contributed by atoms with van der Waals surface area (Å²) in [5.41, 5.74) is 0. The molecule has 0 aromatic rings. The molecule has 0 saturated carbocycles. The number of ketones is 1. The van der Waals surface area contributed by atoms with E-state index in [1.165, 1.54) is 13.0 Å². The molecule has 0 aliphatic rings. The van der Waals surface area contributed by atoms with E-state index < -0.39 is 0 Å². The Morgan fingerprint density at radius 1 is 1.62 bits per heavy atom. The summed E-state index contributed by atoms with van der Waals surface area (Å²) in [5, 5.41) is 0. The van der Waals surface area contributed by atoms with Gasteiger partial charge in [0.05, 0.1) is 0 Å². The van der Waals surface area contributed by atoms with Gasteiger partial charge in [-0.2, -0.15) is 0 Å². The van der Waals surface area contributed by atoms with E-state index in [0.717, 1.165) is 0 Å². The van der Waals surface area contributed by atoms with Crippen molar-refractivity contribution in [3.63, 3.8) is 0 Å². The van der Waals surface area contributed by atoms with Gasteiger partial charge in [0.1, 0.15) is 0 Å². The van der Waals surface area contributed by atoms with Crippen LogP contribution in [0.5, 0.6) is 0 Å². The largest absolute Gasteiger partial charge is 0.295 e. The van der Waals surface area contributed by atoms with Crippen molar-refractivity contribution in [1.82, 2.24) is 0 Å². The van der Waals surface area contributed by atoms with Gasteiger partial charge in [-0.05, 0) is 13.0 Å². The van der Waals surface area contributed by atoms with Gasteiger partial charge in [0.15, 0.2) is 5.78 Å². The van der Waals surface area contributed by atoms with Crippen LogP contribution < -0.4 is 0 Å². The Kier molecular flexibility index (Phi) is 44.9. The SMILES string of the molecule is C=CC(C)=O.[Ga].[In].[Sn]. The van der Waals surface area contributed by atoms with Crippen molar-refractivity contribution in [1.29, 1.82) is 0 Å². The van der Waals surface area contributed by atoms with Crippen LogP contribution in [0, 0.1) is 0 Å². The number of allylic oxidation sites excluding steroid dienone is 1. The Hall–Kier alpha value is 1.72. The Balaban J connectivity index is -0.0000000267. The summed E-state index contributed by atoms with van der Waals surface area (Å²) in [7, 11) is 0. The van der Waals surface area contributed by atoms with E-state index >= 15 is 0 Å².